The van der Waals surface area contributed by atoms with Crippen molar-refractivity contribution in [3.05, 3.63) is 0 Å². The van der Waals surface area contributed by atoms with Crippen LogP contribution in [0.25, 0.3) is 0 Å². The van der Waals surface area contributed by atoms with E-state index in [1.807, 2.05) is 0 Å². The highest BCUT2D eigenvalue weighted by atomic mass is 16.5. The molecular formula is C12H26N2O. The van der Waals surface area contributed by atoms with Gasteiger partial charge in [-0.2, -0.15) is 0 Å². The summed E-state index contributed by atoms with van der Waals surface area (Å²) in [5.74, 6) is 1.42. The molecule has 1 atom stereocenters. The van der Waals surface area contributed by atoms with E-state index in [-0.39, 0.29) is 0 Å². The molecule has 2 N–H and O–H groups in total. The molecule has 0 radical (unpaired) electrons. The van der Waals surface area contributed by atoms with Gasteiger partial charge in [-0.3, -0.25) is 4.90 Å². The van der Waals surface area contributed by atoms with E-state index in [2.05, 4.69) is 18.7 Å². The second-order valence-corrected chi connectivity index (χ2v) is 4.98. The Balaban J connectivity index is 2.35. The summed E-state index contributed by atoms with van der Waals surface area (Å²) in [6.45, 7) is 8.61. The van der Waals surface area contributed by atoms with Crippen LogP contribution in [0.1, 0.15) is 26.7 Å². The maximum absolute atomic E-state index is 5.83. The third kappa shape index (κ3) is 3.74. The van der Waals surface area contributed by atoms with Crippen LogP contribution >= 0.6 is 0 Å². The number of rotatable bonds is 5. The second kappa shape index (κ2) is 6.46. The number of ether oxygens (including phenoxy) is 1. The predicted molar refractivity (Wildman–Crippen MR) is 63.9 cm³/mol. The van der Waals surface area contributed by atoms with Crippen molar-refractivity contribution in [2.75, 3.05) is 33.4 Å². The van der Waals surface area contributed by atoms with Crippen LogP contribution < -0.4 is 5.73 Å². The quantitative estimate of drug-likeness (QED) is 0.750. The molecule has 1 heterocycles. The van der Waals surface area contributed by atoms with Crippen LogP contribution in [0.4, 0.5) is 0 Å². The standard InChI is InChI=1S/C12H26N2O/c1-10(2)12(8-13)14-6-4-11(5-7-14)9-15-3/h10-12H,4-9,13H2,1-3H3. The Hall–Kier alpha value is -0.120. The highest BCUT2D eigenvalue weighted by Gasteiger charge is 2.25. The summed E-state index contributed by atoms with van der Waals surface area (Å²) in [6.07, 6.45) is 2.52. The van der Waals surface area contributed by atoms with E-state index in [4.69, 9.17) is 10.5 Å². The Morgan fingerprint density at radius 2 is 1.93 bits per heavy atom. The normalized spacial score (nSPS) is 22.2. The fraction of sp³-hybridized carbons (Fsp3) is 1.00. The third-order valence-electron chi connectivity index (χ3n) is 3.53. The van der Waals surface area contributed by atoms with Crippen LogP contribution in [-0.4, -0.2) is 44.3 Å². The van der Waals surface area contributed by atoms with Gasteiger partial charge < -0.3 is 10.5 Å². The first-order valence-corrected chi connectivity index (χ1v) is 6.12. The topological polar surface area (TPSA) is 38.5 Å². The van der Waals surface area contributed by atoms with Gasteiger partial charge in [-0.15, -0.1) is 0 Å². The van der Waals surface area contributed by atoms with E-state index in [0.29, 0.717) is 12.0 Å². The lowest BCUT2D eigenvalue weighted by atomic mass is 9.94. The summed E-state index contributed by atoms with van der Waals surface area (Å²) >= 11 is 0. The zero-order valence-electron chi connectivity index (χ0n) is 10.4. The Labute approximate surface area is 94.0 Å². The average molecular weight is 214 g/mol. The maximum atomic E-state index is 5.83. The van der Waals surface area contributed by atoms with Gasteiger partial charge in [0.1, 0.15) is 0 Å². The Bertz CT molecular complexity index is 165. The van der Waals surface area contributed by atoms with Gasteiger partial charge in [0.25, 0.3) is 0 Å². The molecule has 3 heteroatoms. The molecule has 0 aromatic rings. The molecule has 0 aliphatic carbocycles. The molecular weight excluding hydrogens is 188 g/mol. The van der Waals surface area contributed by atoms with Crippen LogP contribution in [0.3, 0.4) is 0 Å². The van der Waals surface area contributed by atoms with Crippen molar-refractivity contribution in [2.24, 2.45) is 17.6 Å². The molecule has 1 fully saturated rings. The molecule has 1 aliphatic heterocycles. The molecule has 1 aliphatic rings. The van der Waals surface area contributed by atoms with E-state index in [0.717, 1.165) is 19.1 Å². The van der Waals surface area contributed by atoms with Crippen LogP contribution in [0.5, 0.6) is 0 Å². The van der Waals surface area contributed by atoms with Gasteiger partial charge in [-0.25, -0.2) is 0 Å². The van der Waals surface area contributed by atoms with Gasteiger partial charge >= 0.3 is 0 Å². The summed E-state index contributed by atoms with van der Waals surface area (Å²) in [6, 6.07) is 0.563. The minimum atomic E-state index is 0.563. The smallest absolute Gasteiger partial charge is 0.0491 e. The van der Waals surface area contributed by atoms with Crippen LogP contribution in [-0.2, 0) is 4.74 Å². The van der Waals surface area contributed by atoms with Gasteiger partial charge in [0.15, 0.2) is 0 Å². The van der Waals surface area contributed by atoms with E-state index in [1.54, 1.807) is 7.11 Å². The first-order valence-electron chi connectivity index (χ1n) is 6.12. The fourth-order valence-electron chi connectivity index (χ4n) is 2.53. The monoisotopic (exact) mass is 214 g/mol. The molecule has 1 rings (SSSR count). The summed E-state index contributed by atoms with van der Waals surface area (Å²) in [4.78, 5) is 2.55. The summed E-state index contributed by atoms with van der Waals surface area (Å²) < 4.78 is 5.21. The SMILES string of the molecule is COCC1CCN(C(CN)C(C)C)CC1. The van der Waals surface area contributed by atoms with Crippen molar-refractivity contribution in [2.45, 2.75) is 32.7 Å². The number of nitrogens with two attached hydrogens (primary N) is 1. The number of methoxy groups -OCH3 is 1. The molecule has 90 valence electrons. The Morgan fingerprint density at radius 3 is 2.33 bits per heavy atom. The molecule has 0 aromatic heterocycles. The maximum Gasteiger partial charge on any atom is 0.0491 e. The largest absolute Gasteiger partial charge is 0.384 e. The zero-order valence-corrected chi connectivity index (χ0v) is 10.4. The molecule has 1 unspecified atom stereocenters. The zero-order chi connectivity index (χ0) is 11.3. The minimum absolute atomic E-state index is 0.563. The minimum Gasteiger partial charge on any atom is -0.384 e. The highest BCUT2D eigenvalue weighted by Crippen LogP contribution is 2.21. The summed E-state index contributed by atoms with van der Waals surface area (Å²) in [5.41, 5.74) is 5.83. The summed E-state index contributed by atoms with van der Waals surface area (Å²) in [7, 11) is 1.79. The van der Waals surface area contributed by atoms with E-state index >= 15 is 0 Å². The number of nitrogens with zero attached hydrogens (tertiary/aromatic N) is 1. The van der Waals surface area contributed by atoms with E-state index < -0.39 is 0 Å². The molecule has 0 aromatic carbocycles. The number of hydrogen-bond donors (Lipinski definition) is 1. The van der Waals surface area contributed by atoms with Crippen LogP contribution in [0.15, 0.2) is 0 Å². The van der Waals surface area contributed by atoms with E-state index in [9.17, 15) is 0 Å². The number of hydrogen-bond acceptors (Lipinski definition) is 3. The van der Waals surface area contributed by atoms with Crippen molar-refractivity contribution >= 4 is 0 Å². The molecule has 0 bridgehead atoms. The predicted octanol–water partition coefficient (Wildman–Crippen LogP) is 1.33. The second-order valence-electron chi connectivity index (χ2n) is 4.98. The molecule has 0 amide bonds. The van der Waals surface area contributed by atoms with Crippen molar-refractivity contribution in [1.82, 2.24) is 4.90 Å². The molecule has 0 saturated carbocycles. The summed E-state index contributed by atoms with van der Waals surface area (Å²) in [5, 5.41) is 0. The highest BCUT2D eigenvalue weighted by molar-refractivity contribution is 4.80. The first-order chi connectivity index (χ1) is 7.19. The lowest BCUT2D eigenvalue weighted by molar-refractivity contribution is 0.0689. The molecule has 0 spiro atoms. The Kier molecular flexibility index (Phi) is 5.58. The van der Waals surface area contributed by atoms with Gasteiger partial charge in [0.2, 0.25) is 0 Å². The number of likely N-dealkylation sites (tertiary alicyclic amines) is 1. The van der Waals surface area contributed by atoms with Crippen LogP contribution in [0.2, 0.25) is 0 Å². The molecule has 15 heavy (non-hydrogen) atoms. The first kappa shape index (κ1) is 12.9. The molecule has 1 saturated heterocycles. The van der Waals surface area contributed by atoms with Crippen molar-refractivity contribution in [3.8, 4) is 0 Å². The van der Waals surface area contributed by atoms with Gasteiger partial charge in [0.05, 0.1) is 0 Å². The lowest BCUT2D eigenvalue weighted by Gasteiger charge is -2.38. The van der Waals surface area contributed by atoms with Gasteiger partial charge in [-0.1, -0.05) is 13.8 Å². The van der Waals surface area contributed by atoms with Crippen molar-refractivity contribution in [3.63, 3.8) is 0 Å². The average Bonchev–Trinajstić information content (AvgIpc) is 2.21. The lowest BCUT2D eigenvalue weighted by Crippen LogP contribution is -2.48. The van der Waals surface area contributed by atoms with Gasteiger partial charge in [0, 0.05) is 26.3 Å². The van der Waals surface area contributed by atoms with Crippen LogP contribution in [0, 0.1) is 11.8 Å². The van der Waals surface area contributed by atoms with E-state index in [1.165, 1.54) is 25.9 Å². The fourth-order valence-corrected chi connectivity index (χ4v) is 2.53. The van der Waals surface area contributed by atoms with Crippen molar-refractivity contribution < 1.29 is 4.74 Å². The Morgan fingerprint density at radius 1 is 1.33 bits per heavy atom. The number of piperidine rings is 1. The van der Waals surface area contributed by atoms with Gasteiger partial charge in [-0.05, 0) is 37.8 Å². The molecule has 3 nitrogen and oxygen atoms in total. The van der Waals surface area contributed by atoms with Crippen molar-refractivity contribution in [1.29, 1.82) is 0 Å². The third-order valence-corrected chi connectivity index (χ3v) is 3.53.